The highest BCUT2D eigenvalue weighted by Crippen LogP contribution is 2.48. The Balaban J connectivity index is 1.14. The topological polar surface area (TPSA) is 101 Å². The van der Waals surface area contributed by atoms with Gasteiger partial charge >= 0.3 is 5.97 Å². The Morgan fingerprint density at radius 3 is 1.42 bits per heavy atom. The summed E-state index contributed by atoms with van der Waals surface area (Å²) in [7, 11) is 0. The quantitative estimate of drug-likeness (QED) is 0.0291. The molecule has 0 saturated carbocycles. The number of imide groups is 2. The first-order valence-electron chi connectivity index (χ1n) is 20.7. The maximum absolute atomic E-state index is 14.1. The molecule has 2 aliphatic heterocycles. The van der Waals surface area contributed by atoms with Crippen LogP contribution in [0.25, 0.3) is 43.1 Å². The lowest BCUT2D eigenvalue weighted by Gasteiger charge is -2.31. The number of carbonyl (C=O) groups excluding carboxylic acids is 5. The second-order valence-corrected chi connectivity index (χ2v) is 15.9. The lowest BCUT2D eigenvalue weighted by atomic mass is 9.79. The van der Waals surface area contributed by atoms with Gasteiger partial charge in [-0.05, 0) is 107 Å². The molecule has 4 amide bonds. The molecule has 0 aromatic heterocycles. The predicted molar refractivity (Wildman–Crippen MR) is 219 cm³/mol. The van der Waals surface area contributed by atoms with Crippen molar-refractivity contribution in [3.63, 3.8) is 0 Å². The van der Waals surface area contributed by atoms with E-state index in [9.17, 15) is 24.0 Å². The van der Waals surface area contributed by atoms with Gasteiger partial charge in [0.25, 0.3) is 23.6 Å². The largest absolute Gasteiger partial charge is 0.465 e. The number of hydrogen-bond acceptors (Lipinski definition) is 6. The number of rotatable bonds is 18. The van der Waals surface area contributed by atoms with Crippen molar-refractivity contribution in [1.29, 1.82) is 0 Å². The standard InChI is InChI=1S/C47H54N2O6/c1-6-8-9-10-13-16-23-48-43(50)33-21-19-31-38-30(5)27-36-40-34(22-20-32(42(38)40)37-29(4)26-35(45(48)52)39(33)41(31)37)44(51)49(46(36)53)24-17-14-11-12-15-18-25-55-47(54)28(3)7-2/h19-22,26-28H,6-18,23-25H2,1-5H3. The van der Waals surface area contributed by atoms with E-state index in [1.54, 1.807) is 0 Å². The van der Waals surface area contributed by atoms with Crippen LogP contribution in [0.1, 0.15) is 157 Å². The maximum Gasteiger partial charge on any atom is 0.308 e. The molecule has 0 saturated heterocycles. The minimum Gasteiger partial charge on any atom is -0.465 e. The molecule has 2 heterocycles. The van der Waals surface area contributed by atoms with Crippen LogP contribution in [-0.2, 0) is 9.53 Å². The summed E-state index contributed by atoms with van der Waals surface area (Å²) in [5.41, 5.74) is 4.03. The van der Waals surface area contributed by atoms with E-state index in [1.165, 1.54) is 29.1 Å². The van der Waals surface area contributed by atoms with Gasteiger partial charge in [0.15, 0.2) is 0 Å². The van der Waals surface area contributed by atoms with Crippen molar-refractivity contribution >= 4 is 72.7 Å². The molecule has 7 rings (SSSR count). The summed E-state index contributed by atoms with van der Waals surface area (Å²) in [6.07, 6.45) is 12.6. The van der Waals surface area contributed by atoms with Crippen molar-refractivity contribution in [3.05, 3.63) is 69.8 Å². The predicted octanol–water partition coefficient (Wildman–Crippen LogP) is 10.8. The summed E-state index contributed by atoms with van der Waals surface area (Å²) in [6.45, 7) is 11.3. The van der Waals surface area contributed by atoms with Gasteiger partial charge in [-0.1, -0.05) is 90.7 Å². The number of amides is 4. The van der Waals surface area contributed by atoms with Crippen LogP contribution in [0.5, 0.6) is 0 Å². The van der Waals surface area contributed by atoms with Crippen molar-refractivity contribution in [2.24, 2.45) is 5.92 Å². The third kappa shape index (κ3) is 6.76. The summed E-state index contributed by atoms with van der Waals surface area (Å²) in [6, 6.07) is 11.6. The molecule has 0 N–H and O–H groups in total. The van der Waals surface area contributed by atoms with Gasteiger partial charge in [-0.2, -0.15) is 0 Å². The van der Waals surface area contributed by atoms with Crippen LogP contribution in [0.2, 0.25) is 0 Å². The molecule has 0 aliphatic carbocycles. The fourth-order valence-electron chi connectivity index (χ4n) is 8.99. The Kier molecular flexibility index (Phi) is 11.2. The number of aryl methyl sites for hydroxylation is 2. The third-order valence-corrected chi connectivity index (χ3v) is 12.2. The third-order valence-electron chi connectivity index (χ3n) is 12.2. The average molecular weight is 743 g/mol. The van der Waals surface area contributed by atoms with Crippen LogP contribution in [0.4, 0.5) is 0 Å². The number of benzene rings is 5. The zero-order valence-electron chi connectivity index (χ0n) is 33.2. The van der Waals surface area contributed by atoms with E-state index < -0.39 is 0 Å². The normalized spacial score (nSPS) is 14.8. The Morgan fingerprint density at radius 2 is 0.964 bits per heavy atom. The van der Waals surface area contributed by atoms with Crippen molar-refractivity contribution in [3.8, 4) is 0 Å². The molecule has 0 bridgehead atoms. The number of nitrogens with zero attached hydrogens (tertiary/aromatic N) is 2. The molecule has 5 aromatic rings. The highest BCUT2D eigenvalue weighted by Gasteiger charge is 2.37. The van der Waals surface area contributed by atoms with Crippen molar-refractivity contribution in [2.45, 2.75) is 118 Å². The molecular weight excluding hydrogens is 689 g/mol. The molecule has 288 valence electrons. The Bertz CT molecular complexity index is 2340. The van der Waals surface area contributed by atoms with Gasteiger partial charge in [-0.15, -0.1) is 0 Å². The maximum atomic E-state index is 14.1. The number of esters is 1. The second kappa shape index (κ2) is 16.1. The highest BCUT2D eigenvalue weighted by atomic mass is 16.5. The number of unbranched alkanes of at least 4 members (excludes halogenated alkanes) is 10. The van der Waals surface area contributed by atoms with Gasteiger partial charge in [-0.3, -0.25) is 33.8 Å². The van der Waals surface area contributed by atoms with Gasteiger partial charge < -0.3 is 4.74 Å². The summed E-state index contributed by atoms with van der Waals surface area (Å²) in [4.78, 5) is 70.9. The van der Waals surface area contributed by atoms with Gasteiger partial charge in [0.05, 0.1) is 12.5 Å². The smallest absolute Gasteiger partial charge is 0.308 e. The molecule has 8 heteroatoms. The van der Waals surface area contributed by atoms with E-state index in [0.29, 0.717) is 52.7 Å². The van der Waals surface area contributed by atoms with Gasteiger partial charge in [0.1, 0.15) is 0 Å². The summed E-state index contributed by atoms with van der Waals surface area (Å²) >= 11 is 0. The molecule has 0 fully saturated rings. The minimum atomic E-state index is -0.267. The fourth-order valence-corrected chi connectivity index (χ4v) is 8.99. The first-order valence-corrected chi connectivity index (χ1v) is 20.7. The average Bonchev–Trinajstić information content (AvgIpc) is 3.18. The number of carbonyl (C=O) groups is 5. The Morgan fingerprint density at radius 1 is 0.545 bits per heavy atom. The highest BCUT2D eigenvalue weighted by molar-refractivity contribution is 6.42. The monoisotopic (exact) mass is 742 g/mol. The van der Waals surface area contributed by atoms with Crippen LogP contribution in [0.15, 0.2) is 36.4 Å². The van der Waals surface area contributed by atoms with Crippen LogP contribution in [-0.4, -0.2) is 59.1 Å². The first-order chi connectivity index (χ1) is 26.6. The van der Waals surface area contributed by atoms with Crippen molar-refractivity contribution < 1.29 is 28.7 Å². The molecule has 8 nitrogen and oxygen atoms in total. The Hall–Kier alpha value is -4.85. The molecule has 5 aromatic carbocycles. The lowest BCUT2D eigenvalue weighted by molar-refractivity contribution is -0.148. The molecule has 2 aliphatic rings. The molecule has 1 unspecified atom stereocenters. The lowest BCUT2D eigenvalue weighted by Crippen LogP contribution is -2.41. The summed E-state index contributed by atoms with van der Waals surface area (Å²) < 4.78 is 5.35. The summed E-state index contributed by atoms with van der Waals surface area (Å²) in [5, 5.41) is 6.92. The molecule has 0 spiro atoms. The number of hydrogen-bond donors (Lipinski definition) is 0. The van der Waals surface area contributed by atoms with E-state index in [1.807, 2.05) is 64.1 Å². The molecule has 0 radical (unpaired) electrons. The van der Waals surface area contributed by atoms with Crippen LogP contribution in [0.3, 0.4) is 0 Å². The number of ether oxygens (including phenoxy) is 1. The van der Waals surface area contributed by atoms with E-state index >= 15 is 0 Å². The number of fused-ring (bicyclic) bond motifs is 2. The van der Waals surface area contributed by atoms with Crippen LogP contribution < -0.4 is 0 Å². The summed E-state index contributed by atoms with van der Waals surface area (Å²) in [5.74, 6) is -1.19. The zero-order chi connectivity index (χ0) is 39.0. The van der Waals surface area contributed by atoms with Crippen molar-refractivity contribution in [1.82, 2.24) is 9.80 Å². The second-order valence-electron chi connectivity index (χ2n) is 15.9. The molecule has 1 atom stereocenters. The Labute approximate surface area is 323 Å². The van der Waals surface area contributed by atoms with Crippen LogP contribution in [0, 0.1) is 19.8 Å². The van der Waals surface area contributed by atoms with Gasteiger partial charge in [-0.25, -0.2) is 0 Å². The first kappa shape index (κ1) is 38.4. The van der Waals surface area contributed by atoms with E-state index in [0.717, 1.165) is 108 Å². The minimum absolute atomic E-state index is 0.0621. The van der Waals surface area contributed by atoms with E-state index in [4.69, 9.17) is 4.74 Å². The van der Waals surface area contributed by atoms with Crippen molar-refractivity contribution in [2.75, 3.05) is 19.7 Å². The van der Waals surface area contributed by atoms with Gasteiger partial charge in [0.2, 0.25) is 0 Å². The molecule has 55 heavy (non-hydrogen) atoms. The zero-order valence-corrected chi connectivity index (χ0v) is 33.2. The molecular formula is C47H54N2O6. The van der Waals surface area contributed by atoms with Gasteiger partial charge in [0, 0.05) is 46.1 Å². The van der Waals surface area contributed by atoms with Crippen LogP contribution >= 0.6 is 0 Å². The van der Waals surface area contributed by atoms with E-state index in [2.05, 4.69) is 6.92 Å². The fraction of sp³-hybridized carbons (Fsp3) is 0.468. The van der Waals surface area contributed by atoms with E-state index in [-0.39, 0.29) is 35.5 Å². The SMILES string of the molecule is CCCCCCCCN1C(=O)c2ccc3c4c(C)cc5c6c(ccc(c7c(C)cc(c2c37)C1=O)c64)C(=O)N(CCCCCCCCOC(=O)C(C)CC)C5=O.